The molecule has 7 heteroatoms. The van der Waals surface area contributed by atoms with Crippen molar-refractivity contribution in [3.8, 4) is 27.7 Å². The molecule has 0 amide bonds. The monoisotopic (exact) mass is 290 g/mol. The number of aromatic nitrogens is 4. The zero-order valence-corrected chi connectivity index (χ0v) is 11.7. The molecule has 5 nitrogen and oxygen atoms in total. The largest absolute Gasteiger partial charge is 0.494 e. The summed E-state index contributed by atoms with van der Waals surface area (Å²) in [6.07, 6.45) is 0. The van der Waals surface area contributed by atoms with Gasteiger partial charge in [-0.25, -0.2) is 9.37 Å². The van der Waals surface area contributed by atoms with Crippen molar-refractivity contribution >= 4 is 11.3 Å². The number of halogens is 1. The molecule has 2 heterocycles. The van der Waals surface area contributed by atoms with E-state index in [1.165, 1.54) is 24.5 Å². The molecule has 0 aliphatic heterocycles. The summed E-state index contributed by atoms with van der Waals surface area (Å²) in [7, 11) is 1.43. The fraction of sp³-hybridized carbons (Fsp3) is 0.154. The first-order valence-corrected chi connectivity index (χ1v) is 6.74. The van der Waals surface area contributed by atoms with Crippen LogP contribution in [0, 0.1) is 12.7 Å². The number of ether oxygens (including phenoxy) is 1. The van der Waals surface area contributed by atoms with Crippen LogP contribution in [-0.2, 0) is 0 Å². The Morgan fingerprint density at radius 2 is 2.05 bits per heavy atom. The number of thiazole rings is 1. The molecule has 0 aliphatic rings. The summed E-state index contributed by atoms with van der Waals surface area (Å²) in [6, 6.07) is 4.68. The molecule has 0 aliphatic carbocycles. The number of hydrogen-bond donors (Lipinski definition) is 1. The minimum atomic E-state index is -0.436. The molecule has 0 bridgehead atoms. The molecule has 1 aromatic carbocycles. The molecule has 0 spiro atoms. The van der Waals surface area contributed by atoms with Crippen LogP contribution in [0.2, 0.25) is 0 Å². The van der Waals surface area contributed by atoms with Crippen molar-refractivity contribution in [1.82, 2.24) is 20.4 Å². The van der Waals surface area contributed by atoms with Gasteiger partial charge in [0.25, 0.3) is 0 Å². The maximum absolute atomic E-state index is 13.8. The molecule has 0 unspecified atom stereocenters. The third-order valence-corrected chi connectivity index (χ3v) is 3.76. The molecule has 3 rings (SSSR count). The van der Waals surface area contributed by atoms with Gasteiger partial charge in [-0.15, -0.1) is 11.3 Å². The Bertz CT molecular complexity index is 752. The number of aromatic amines is 1. The highest BCUT2D eigenvalue weighted by Crippen LogP contribution is 2.32. The van der Waals surface area contributed by atoms with Gasteiger partial charge in [0.05, 0.1) is 7.11 Å². The van der Waals surface area contributed by atoms with Crippen molar-refractivity contribution in [2.75, 3.05) is 7.11 Å². The fourth-order valence-electron chi connectivity index (χ4n) is 1.86. The Labute approximate surface area is 118 Å². The number of rotatable bonds is 3. The van der Waals surface area contributed by atoms with E-state index < -0.39 is 5.82 Å². The lowest BCUT2D eigenvalue weighted by Gasteiger charge is -2.03. The summed E-state index contributed by atoms with van der Waals surface area (Å²) in [5, 5.41) is 13.4. The summed E-state index contributed by atoms with van der Waals surface area (Å²) < 4.78 is 18.7. The van der Waals surface area contributed by atoms with Crippen LogP contribution in [0.3, 0.4) is 0 Å². The second kappa shape index (κ2) is 5.01. The number of hydrogen-bond acceptors (Lipinski definition) is 5. The van der Waals surface area contributed by atoms with Gasteiger partial charge in [-0.1, -0.05) is 0 Å². The van der Waals surface area contributed by atoms with Crippen LogP contribution < -0.4 is 4.74 Å². The number of H-pyrrole nitrogens is 1. The van der Waals surface area contributed by atoms with E-state index >= 15 is 0 Å². The van der Waals surface area contributed by atoms with Crippen LogP contribution in [0.5, 0.6) is 5.75 Å². The standard InChI is InChI=1S/C13H11FN4OS/c1-7-6-20-13(15-7)12-11(16-18-17-12)8-3-4-10(19-2)9(14)5-8/h3-6H,1-2H3,(H,16,17,18). The molecular formula is C13H11FN4OS. The molecule has 0 radical (unpaired) electrons. The lowest BCUT2D eigenvalue weighted by molar-refractivity contribution is 0.386. The normalized spacial score (nSPS) is 10.8. The van der Waals surface area contributed by atoms with E-state index in [0.717, 1.165) is 10.7 Å². The predicted molar refractivity (Wildman–Crippen MR) is 74.2 cm³/mol. The highest BCUT2D eigenvalue weighted by atomic mass is 32.1. The van der Waals surface area contributed by atoms with E-state index in [0.29, 0.717) is 17.0 Å². The number of nitrogens with one attached hydrogen (secondary N) is 1. The van der Waals surface area contributed by atoms with Crippen molar-refractivity contribution in [2.24, 2.45) is 0 Å². The maximum atomic E-state index is 13.8. The smallest absolute Gasteiger partial charge is 0.165 e. The quantitative estimate of drug-likeness (QED) is 0.805. The number of aryl methyl sites for hydroxylation is 1. The van der Waals surface area contributed by atoms with Gasteiger partial charge in [0.2, 0.25) is 0 Å². The van der Waals surface area contributed by atoms with Gasteiger partial charge < -0.3 is 4.74 Å². The molecule has 2 aromatic heterocycles. The third kappa shape index (κ3) is 2.16. The summed E-state index contributed by atoms with van der Waals surface area (Å²) in [4.78, 5) is 4.37. The Balaban J connectivity index is 2.07. The Morgan fingerprint density at radius 3 is 2.70 bits per heavy atom. The second-order valence-corrected chi connectivity index (χ2v) is 5.02. The minimum absolute atomic E-state index is 0.198. The van der Waals surface area contributed by atoms with Crippen molar-refractivity contribution in [2.45, 2.75) is 6.92 Å². The van der Waals surface area contributed by atoms with Crippen LogP contribution in [0.25, 0.3) is 22.0 Å². The summed E-state index contributed by atoms with van der Waals surface area (Å²) >= 11 is 1.48. The summed E-state index contributed by atoms with van der Waals surface area (Å²) in [6.45, 7) is 1.91. The highest BCUT2D eigenvalue weighted by molar-refractivity contribution is 7.13. The van der Waals surface area contributed by atoms with Crippen LogP contribution in [0.1, 0.15) is 5.69 Å². The van der Waals surface area contributed by atoms with Crippen LogP contribution >= 0.6 is 11.3 Å². The highest BCUT2D eigenvalue weighted by Gasteiger charge is 2.16. The molecule has 0 saturated heterocycles. The Kier molecular flexibility index (Phi) is 3.19. The van der Waals surface area contributed by atoms with E-state index in [-0.39, 0.29) is 5.75 Å². The molecule has 0 saturated carbocycles. The number of nitrogens with zero attached hydrogens (tertiary/aromatic N) is 3. The van der Waals surface area contributed by atoms with Crippen LogP contribution in [0.4, 0.5) is 4.39 Å². The molecule has 3 aromatic rings. The van der Waals surface area contributed by atoms with Gasteiger partial charge in [-0.05, 0) is 25.1 Å². The summed E-state index contributed by atoms with van der Waals surface area (Å²) in [5.41, 5.74) is 2.73. The third-order valence-electron chi connectivity index (χ3n) is 2.79. The van der Waals surface area contributed by atoms with Gasteiger partial charge in [0.1, 0.15) is 16.4 Å². The van der Waals surface area contributed by atoms with Gasteiger partial charge in [0.15, 0.2) is 11.6 Å². The molecule has 0 atom stereocenters. The maximum Gasteiger partial charge on any atom is 0.165 e. The SMILES string of the molecule is COc1ccc(-c2n[nH]nc2-c2nc(C)cs2)cc1F. The van der Waals surface area contributed by atoms with Crippen LogP contribution in [0.15, 0.2) is 23.6 Å². The van der Waals surface area contributed by atoms with Crippen molar-refractivity contribution in [1.29, 1.82) is 0 Å². The van der Waals surface area contributed by atoms with Crippen LogP contribution in [-0.4, -0.2) is 27.5 Å². The Hall–Kier alpha value is -2.28. The average molecular weight is 290 g/mol. The number of benzene rings is 1. The molecule has 20 heavy (non-hydrogen) atoms. The fourth-order valence-corrected chi connectivity index (χ4v) is 2.64. The van der Waals surface area contributed by atoms with Gasteiger partial charge in [-0.2, -0.15) is 15.4 Å². The molecular weight excluding hydrogens is 279 g/mol. The second-order valence-electron chi connectivity index (χ2n) is 4.16. The topological polar surface area (TPSA) is 63.7 Å². The molecule has 0 fully saturated rings. The van der Waals surface area contributed by atoms with E-state index in [1.54, 1.807) is 12.1 Å². The Morgan fingerprint density at radius 1 is 1.25 bits per heavy atom. The lowest BCUT2D eigenvalue weighted by Crippen LogP contribution is -1.90. The lowest BCUT2D eigenvalue weighted by atomic mass is 10.1. The molecule has 102 valence electrons. The van der Waals surface area contributed by atoms with Crippen molar-refractivity contribution < 1.29 is 9.13 Å². The van der Waals surface area contributed by atoms with E-state index in [9.17, 15) is 4.39 Å². The van der Waals surface area contributed by atoms with E-state index in [2.05, 4.69) is 20.4 Å². The number of methoxy groups -OCH3 is 1. The minimum Gasteiger partial charge on any atom is -0.494 e. The summed E-state index contributed by atoms with van der Waals surface area (Å²) in [5.74, 6) is -0.238. The van der Waals surface area contributed by atoms with Gasteiger partial charge >= 0.3 is 0 Å². The van der Waals surface area contributed by atoms with Crippen molar-refractivity contribution in [3.05, 3.63) is 35.1 Å². The zero-order chi connectivity index (χ0) is 14.1. The predicted octanol–water partition coefficient (Wildman–Crippen LogP) is 3.05. The molecule has 1 N–H and O–H groups in total. The van der Waals surface area contributed by atoms with E-state index in [1.807, 2.05) is 12.3 Å². The van der Waals surface area contributed by atoms with Gasteiger partial charge in [-0.3, -0.25) is 0 Å². The first kappa shape index (κ1) is 12.7. The van der Waals surface area contributed by atoms with Crippen molar-refractivity contribution in [3.63, 3.8) is 0 Å². The van der Waals surface area contributed by atoms with E-state index in [4.69, 9.17) is 4.74 Å². The first-order valence-electron chi connectivity index (χ1n) is 5.86. The zero-order valence-electron chi connectivity index (χ0n) is 10.8. The van der Waals surface area contributed by atoms with Gasteiger partial charge in [0, 0.05) is 16.6 Å². The first-order chi connectivity index (χ1) is 9.69. The average Bonchev–Trinajstić information content (AvgIpc) is 3.06.